The van der Waals surface area contributed by atoms with Gasteiger partial charge in [-0.05, 0) is 35.7 Å². The van der Waals surface area contributed by atoms with Crippen LogP contribution in [0.15, 0.2) is 29.6 Å². The number of rotatable bonds is 5. The molecule has 0 bridgehead atoms. The van der Waals surface area contributed by atoms with Gasteiger partial charge in [0.05, 0.1) is 0 Å². The third-order valence-corrected chi connectivity index (χ3v) is 4.96. The zero-order valence-corrected chi connectivity index (χ0v) is 13.7. The lowest BCUT2D eigenvalue weighted by Crippen LogP contribution is -2.43. The third-order valence-electron chi connectivity index (χ3n) is 3.95. The van der Waals surface area contributed by atoms with Crippen LogP contribution in [0.2, 0.25) is 0 Å². The Hall–Kier alpha value is -2.21. The number of nitrogens with one attached hydrogen (secondary N) is 1. The maximum absolute atomic E-state index is 12.0. The highest BCUT2D eigenvalue weighted by Crippen LogP contribution is 2.26. The number of benzene rings is 1. The number of likely N-dealkylation sites (tertiary alicyclic amines) is 1. The van der Waals surface area contributed by atoms with Gasteiger partial charge in [0.1, 0.15) is 6.54 Å². The summed E-state index contributed by atoms with van der Waals surface area (Å²) in [5.74, 6) is -0.816. The highest BCUT2D eigenvalue weighted by molar-refractivity contribution is 7.17. The van der Waals surface area contributed by atoms with Gasteiger partial charge in [-0.1, -0.05) is 18.2 Å². The summed E-state index contributed by atoms with van der Waals surface area (Å²) in [5, 5.41) is 6.19. The fourth-order valence-corrected chi connectivity index (χ4v) is 3.81. The molecule has 2 heterocycles. The van der Waals surface area contributed by atoms with Crippen LogP contribution in [-0.4, -0.2) is 35.2 Å². The molecule has 0 radical (unpaired) electrons. The Kier molecular flexibility index (Phi) is 4.43. The molecule has 1 aromatic carbocycles. The molecule has 23 heavy (non-hydrogen) atoms. The minimum Gasteiger partial charge on any atom is -0.352 e. The first-order valence-corrected chi connectivity index (χ1v) is 8.50. The van der Waals surface area contributed by atoms with Crippen molar-refractivity contribution in [1.82, 2.24) is 10.2 Å². The number of thiophene rings is 1. The molecule has 1 aliphatic heterocycles. The number of imide groups is 1. The summed E-state index contributed by atoms with van der Waals surface area (Å²) < 4.78 is 1.23. The van der Waals surface area contributed by atoms with Crippen molar-refractivity contribution < 1.29 is 14.4 Å². The van der Waals surface area contributed by atoms with Crippen LogP contribution in [-0.2, 0) is 20.8 Å². The molecule has 1 fully saturated rings. The van der Waals surface area contributed by atoms with E-state index >= 15 is 0 Å². The van der Waals surface area contributed by atoms with E-state index in [1.54, 1.807) is 11.3 Å². The van der Waals surface area contributed by atoms with Gasteiger partial charge in [0.25, 0.3) is 0 Å². The Bertz CT molecular complexity index is 752. The van der Waals surface area contributed by atoms with Crippen LogP contribution < -0.4 is 5.32 Å². The topological polar surface area (TPSA) is 66.5 Å². The van der Waals surface area contributed by atoms with Crippen molar-refractivity contribution in [3.05, 3.63) is 35.2 Å². The summed E-state index contributed by atoms with van der Waals surface area (Å²) in [6, 6.07) is 8.12. The normalized spacial score (nSPS) is 16.1. The first kappa shape index (κ1) is 15.7. The summed E-state index contributed by atoms with van der Waals surface area (Å²) in [5.41, 5.74) is 1.20. The number of carbonyl (C=O) groups is 3. The molecule has 1 aromatic heterocycles. The number of nitrogens with zero attached hydrogens (tertiary/aromatic N) is 1. The van der Waals surface area contributed by atoms with Gasteiger partial charge in [-0.2, -0.15) is 0 Å². The minimum atomic E-state index is -0.291. The van der Waals surface area contributed by atoms with Gasteiger partial charge in [0.15, 0.2) is 0 Å². The van der Waals surface area contributed by atoms with Crippen molar-refractivity contribution in [3.63, 3.8) is 0 Å². The molecule has 1 unspecified atom stereocenters. The van der Waals surface area contributed by atoms with Gasteiger partial charge in [-0.3, -0.25) is 19.3 Å². The van der Waals surface area contributed by atoms with Crippen molar-refractivity contribution >= 4 is 39.1 Å². The quantitative estimate of drug-likeness (QED) is 0.854. The van der Waals surface area contributed by atoms with Crippen LogP contribution in [0.25, 0.3) is 10.1 Å². The predicted octanol–water partition coefficient (Wildman–Crippen LogP) is 2.10. The van der Waals surface area contributed by atoms with E-state index in [1.807, 2.05) is 19.1 Å². The molecule has 2 aromatic rings. The molecule has 120 valence electrons. The Labute approximate surface area is 138 Å². The SMILES string of the molecule is CC(Cc1csc2ccccc12)NC(=O)CN1C(=O)CCC1=O. The molecular formula is C17H18N2O3S. The lowest BCUT2D eigenvalue weighted by atomic mass is 10.1. The summed E-state index contributed by atoms with van der Waals surface area (Å²) in [6.45, 7) is 1.75. The fraction of sp³-hybridized carbons (Fsp3) is 0.353. The Morgan fingerprint density at radius 3 is 2.70 bits per heavy atom. The van der Waals surface area contributed by atoms with E-state index in [2.05, 4.69) is 22.8 Å². The van der Waals surface area contributed by atoms with Gasteiger partial charge in [0.2, 0.25) is 17.7 Å². The van der Waals surface area contributed by atoms with Crippen LogP contribution in [0.4, 0.5) is 0 Å². The highest BCUT2D eigenvalue weighted by Gasteiger charge is 2.30. The van der Waals surface area contributed by atoms with Gasteiger partial charge >= 0.3 is 0 Å². The van der Waals surface area contributed by atoms with Crippen molar-refractivity contribution in [1.29, 1.82) is 0 Å². The summed E-state index contributed by atoms with van der Waals surface area (Å²) in [4.78, 5) is 36.2. The number of carbonyl (C=O) groups excluding carboxylic acids is 3. The van der Waals surface area contributed by atoms with E-state index in [0.29, 0.717) is 0 Å². The predicted molar refractivity (Wildman–Crippen MR) is 89.1 cm³/mol. The van der Waals surface area contributed by atoms with Crippen LogP contribution in [0.5, 0.6) is 0 Å². The van der Waals surface area contributed by atoms with Crippen LogP contribution in [0, 0.1) is 0 Å². The van der Waals surface area contributed by atoms with Gasteiger partial charge in [-0.15, -0.1) is 11.3 Å². The molecule has 0 aliphatic carbocycles. The number of fused-ring (bicyclic) bond motifs is 1. The lowest BCUT2D eigenvalue weighted by Gasteiger charge is -2.17. The maximum Gasteiger partial charge on any atom is 0.240 e. The zero-order chi connectivity index (χ0) is 16.4. The smallest absolute Gasteiger partial charge is 0.240 e. The third kappa shape index (κ3) is 3.42. The maximum atomic E-state index is 12.0. The van der Waals surface area contributed by atoms with Crippen molar-refractivity contribution in [2.75, 3.05) is 6.54 Å². The van der Waals surface area contributed by atoms with Crippen molar-refractivity contribution in [2.24, 2.45) is 0 Å². The van der Waals surface area contributed by atoms with E-state index in [-0.39, 0.29) is 43.1 Å². The van der Waals surface area contributed by atoms with Crippen LogP contribution >= 0.6 is 11.3 Å². The molecule has 1 saturated heterocycles. The van der Waals surface area contributed by atoms with E-state index in [9.17, 15) is 14.4 Å². The number of amides is 3. The molecule has 3 amide bonds. The zero-order valence-electron chi connectivity index (χ0n) is 12.9. The molecular weight excluding hydrogens is 312 g/mol. The molecule has 1 N–H and O–H groups in total. The fourth-order valence-electron chi connectivity index (χ4n) is 2.84. The molecule has 0 spiro atoms. The largest absolute Gasteiger partial charge is 0.352 e. The second-order valence-corrected chi connectivity index (χ2v) is 6.71. The van der Waals surface area contributed by atoms with E-state index in [1.165, 1.54) is 15.6 Å². The Morgan fingerprint density at radius 1 is 1.26 bits per heavy atom. The average Bonchev–Trinajstić information content (AvgIpc) is 3.06. The van der Waals surface area contributed by atoms with Gasteiger partial charge in [-0.25, -0.2) is 0 Å². The van der Waals surface area contributed by atoms with Crippen molar-refractivity contribution in [3.8, 4) is 0 Å². The first-order chi connectivity index (χ1) is 11.0. The van der Waals surface area contributed by atoms with E-state index < -0.39 is 0 Å². The summed E-state index contributed by atoms with van der Waals surface area (Å²) in [7, 11) is 0. The van der Waals surface area contributed by atoms with E-state index in [0.717, 1.165) is 11.3 Å². The second-order valence-electron chi connectivity index (χ2n) is 5.80. The van der Waals surface area contributed by atoms with Gasteiger partial charge in [0, 0.05) is 23.6 Å². The van der Waals surface area contributed by atoms with Gasteiger partial charge < -0.3 is 5.32 Å². The average molecular weight is 330 g/mol. The highest BCUT2D eigenvalue weighted by atomic mass is 32.1. The first-order valence-electron chi connectivity index (χ1n) is 7.62. The Morgan fingerprint density at radius 2 is 1.96 bits per heavy atom. The molecule has 6 heteroatoms. The second kappa shape index (κ2) is 6.50. The van der Waals surface area contributed by atoms with Crippen molar-refractivity contribution in [2.45, 2.75) is 32.2 Å². The molecule has 1 atom stereocenters. The number of hydrogen-bond donors (Lipinski definition) is 1. The molecule has 3 rings (SSSR count). The lowest BCUT2D eigenvalue weighted by molar-refractivity contribution is -0.142. The summed E-state index contributed by atoms with van der Waals surface area (Å²) >= 11 is 1.69. The number of hydrogen-bond acceptors (Lipinski definition) is 4. The van der Waals surface area contributed by atoms with Crippen LogP contribution in [0.1, 0.15) is 25.3 Å². The minimum absolute atomic E-state index is 0.0617. The standard InChI is InChI=1S/C17H18N2O3S/c1-11(8-12-10-23-14-5-3-2-4-13(12)14)18-15(20)9-19-16(21)6-7-17(19)22/h2-5,10-11H,6-9H2,1H3,(H,18,20). The molecule has 0 saturated carbocycles. The molecule has 5 nitrogen and oxygen atoms in total. The van der Waals surface area contributed by atoms with Crippen LogP contribution in [0.3, 0.4) is 0 Å². The monoisotopic (exact) mass is 330 g/mol. The summed E-state index contributed by atoms with van der Waals surface area (Å²) in [6.07, 6.45) is 1.14. The van der Waals surface area contributed by atoms with E-state index in [4.69, 9.17) is 0 Å². The molecule has 1 aliphatic rings. The Balaban J connectivity index is 1.58.